The second-order valence-corrected chi connectivity index (χ2v) is 3.94. The highest BCUT2D eigenvalue weighted by molar-refractivity contribution is 6.17. The number of carbonyl (C=O) groups excluding carboxylic acids is 2. The van der Waals surface area contributed by atoms with Gasteiger partial charge in [-0.25, -0.2) is 4.79 Å². The summed E-state index contributed by atoms with van der Waals surface area (Å²) < 4.78 is 14.2. The lowest BCUT2D eigenvalue weighted by Gasteiger charge is -2.29. The van der Waals surface area contributed by atoms with E-state index in [1.165, 1.54) is 0 Å². The van der Waals surface area contributed by atoms with Crippen molar-refractivity contribution in [2.24, 2.45) is 5.41 Å². The topological polar surface area (TPSA) is 61.8 Å². The maximum atomic E-state index is 11.6. The molecule has 1 rings (SSSR count). The predicted octanol–water partition coefficient (Wildman–Crippen LogP) is 1.97. The fraction of sp³-hybridized carbons (Fsp3) is 0.800. The Morgan fingerprint density at radius 1 is 1.50 bits per heavy atom. The molecule has 6 heteroatoms. The third kappa shape index (κ3) is 3.89. The molecule has 1 heterocycles. The molecular weight excluding hydrogens is 236 g/mol. The van der Waals surface area contributed by atoms with E-state index in [-0.39, 0.29) is 27.2 Å². The molecule has 0 aromatic rings. The molecule has 1 fully saturated rings. The summed E-state index contributed by atoms with van der Waals surface area (Å²) in [4.78, 5) is 22.2. The molecule has 0 atom stereocenters. The minimum atomic E-state index is -0.903. The van der Waals surface area contributed by atoms with Crippen LogP contribution in [0, 0.1) is 5.41 Å². The molecule has 0 N–H and O–H groups in total. The lowest BCUT2D eigenvalue weighted by Crippen LogP contribution is -2.44. The van der Waals surface area contributed by atoms with Gasteiger partial charge in [0.15, 0.2) is 0 Å². The van der Waals surface area contributed by atoms with Crippen LogP contribution in [0.5, 0.6) is 0 Å². The molecule has 1 aliphatic rings. The number of hydrogen-bond donors (Lipinski definition) is 0. The molecule has 0 radical (unpaired) electrons. The van der Waals surface area contributed by atoms with Crippen molar-refractivity contribution in [3.8, 4) is 0 Å². The number of hydrogen-bond acceptors (Lipinski definition) is 5. The van der Waals surface area contributed by atoms with Gasteiger partial charge in [-0.2, -0.15) is 0 Å². The van der Waals surface area contributed by atoms with Gasteiger partial charge in [-0.15, -0.1) is 11.6 Å². The zero-order chi connectivity index (χ0) is 11.3. The average molecular weight is 253 g/mol. The van der Waals surface area contributed by atoms with Crippen molar-refractivity contribution in [3.63, 3.8) is 0 Å². The third-order valence-corrected chi connectivity index (χ3v) is 2.29. The molecule has 0 spiro atoms. The highest BCUT2D eigenvalue weighted by atomic mass is 35.5. The first-order chi connectivity index (χ1) is 7.08. The van der Waals surface area contributed by atoms with E-state index in [1.807, 2.05) is 0 Å². The standard InChI is InChI=1S/C9H13ClO5.CH4/c1-9(5-14-8(12)15-6-9)7(11)13-4-2-3-10;/h2-6H2,1H3;1H4. The van der Waals surface area contributed by atoms with Crippen LogP contribution in [0.2, 0.25) is 0 Å². The van der Waals surface area contributed by atoms with E-state index in [4.69, 9.17) is 16.3 Å². The van der Waals surface area contributed by atoms with Crippen LogP contribution in [-0.2, 0) is 19.0 Å². The summed E-state index contributed by atoms with van der Waals surface area (Å²) in [5.74, 6) is 0.00951. The first kappa shape index (κ1) is 15.0. The average Bonchev–Trinajstić information content (AvgIpc) is 2.23. The van der Waals surface area contributed by atoms with Gasteiger partial charge in [0.25, 0.3) is 0 Å². The first-order valence-corrected chi connectivity index (χ1v) is 5.15. The van der Waals surface area contributed by atoms with Crippen molar-refractivity contribution in [2.75, 3.05) is 25.7 Å². The maximum Gasteiger partial charge on any atom is 0.508 e. The lowest BCUT2D eigenvalue weighted by atomic mass is 9.93. The van der Waals surface area contributed by atoms with Crippen molar-refractivity contribution >= 4 is 23.7 Å². The van der Waals surface area contributed by atoms with Gasteiger partial charge in [-0.05, 0) is 13.3 Å². The molecule has 94 valence electrons. The number of alkyl halides is 1. The molecule has 16 heavy (non-hydrogen) atoms. The fourth-order valence-corrected chi connectivity index (χ4v) is 1.14. The first-order valence-electron chi connectivity index (χ1n) is 4.61. The SMILES string of the molecule is C.CC1(C(=O)OCCCCl)COC(=O)OC1. The third-order valence-electron chi connectivity index (χ3n) is 2.02. The Balaban J connectivity index is 0.00000225. The van der Waals surface area contributed by atoms with Gasteiger partial charge in [0.2, 0.25) is 0 Å². The van der Waals surface area contributed by atoms with Crippen molar-refractivity contribution in [2.45, 2.75) is 20.8 Å². The molecule has 1 saturated heterocycles. The maximum absolute atomic E-state index is 11.6. The summed E-state index contributed by atoms with van der Waals surface area (Å²) in [6.07, 6.45) is -0.148. The Morgan fingerprint density at radius 2 is 2.06 bits per heavy atom. The Morgan fingerprint density at radius 3 is 2.56 bits per heavy atom. The van der Waals surface area contributed by atoms with Crippen molar-refractivity contribution in [3.05, 3.63) is 0 Å². The van der Waals surface area contributed by atoms with Crippen molar-refractivity contribution in [1.82, 2.24) is 0 Å². The number of rotatable bonds is 4. The summed E-state index contributed by atoms with van der Waals surface area (Å²) >= 11 is 5.44. The Kier molecular flexibility index (Phi) is 6.18. The van der Waals surface area contributed by atoms with Crippen molar-refractivity contribution < 1.29 is 23.8 Å². The summed E-state index contributed by atoms with van der Waals surface area (Å²) in [5, 5.41) is 0. The largest absolute Gasteiger partial charge is 0.508 e. The van der Waals surface area contributed by atoms with Gasteiger partial charge in [-0.3, -0.25) is 4.79 Å². The lowest BCUT2D eigenvalue weighted by molar-refractivity contribution is -0.166. The highest BCUT2D eigenvalue weighted by Gasteiger charge is 2.41. The number of esters is 1. The molecule has 5 nitrogen and oxygen atoms in total. The van der Waals surface area contributed by atoms with Gasteiger partial charge in [-0.1, -0.05) is 7.43 Å². The molecule has 0 bridgehead atoms. The molecule has 0 saturated carbocycles. The predicted molar refractivity (Wildman–Crippen MR) is 58.4 cm³/mol. The number of halogens is 1. The fourth-order valence-electron chi connectivity index (χ4n) is 1.03. The number of carbonyl (C=O) groups is 2. The molecular formula is C10H17ClO5. The van der Waals surface area contributed by atoms with Crippen LogP contribution in [-0.4, -0.2) is 37.8 Å². The Bertz CT molecular complexity index is 244. The van der Waals surface area contributed by atoms with Crippen LogP contribution in [0.25, 0.3) is 0 Å². The second-order valence-electron chi connectivity index (χ2n) is 3.57. The van der Waals surface area contributed by atoms with Crippen LogP contribution in [0.4, 0.5) is 4.79 Å². The highest BCUT2D eigenvalue weighted by Crippen LogP contribution is 2.23. The summed E-state index contributed by atoms with van der Waals surface area (Å²) in [6.45, 7) is 1.88. The van der Waals surface area contributed by atoms with E-state index >= 15 is 0 Å². The van der Waals surface area contributed by atoms with Crippen LogP contribution >= 0.6 is 11.6 Å². The van der Waals surface area contributed by atoms with Gasteiger partial charge in [0.1, 0.15) is 18.6 Å². The molecule has 0 amide bonds. The molecule has 0 unspecified atom stereocenters. The Hall–Kier alpha value is -0.970. The van der Waals surface area contributed by atoms with E-state index in [2.05, 4.69) is 9.47 Å². The van der Waals surface area contributed by atoms with Gasteiger partial charge >= 0.3 is 12.1 Å². The molecule has 0 aromatic carbocycles. The van der Waals surface area contributed by atoms with Crippen LogP contribution in [0.1, 0.15) is 20.8 Å². The van der Waals surface area contributed by atoms with Crippen molar-refractivity contribution in [1.29, 1.82) is 0 Å². The molecule has 0 aliphatic carbocycles. The van der Waals surface area contributed by atoms with E-state index in [9.17, 15) is 9.59 Å². The Labute approximate surface area is 100.0 Å². The van der Waals surface area contributed by atoms with Gasteiger partial charge in [0, 0.05) is 5.88 Å². The van der Waals surface area contributed by atoms with Gasteiger partial charge in [0.05, 0.1) is 6.61 Å². The summed E-state index contributed by atoms with van der Waals surface area (Å²) in [5.41, 5.74) is -0.903. The summed E-state index contributed by atoms with van der Waals surface area (Å²) in [7, 11) is 0. The second kappa shape index (κ2) is 6.58. The minimum absolute atomic E-state index is 0. The zero-order valence-electron chi connectivity index (χ0n) is 8.45. The van der Waals surface area contributed by atoms with Crippen LogP contribution < -0.4 is 0 Å². The summed E-state index contributed by atoms with van der Waals surface area (Å²) in [6, 6.07) is 0. The monoisotopic (exact) mass is 252 g/mol. The van der Waals surface area contributed by atoms with E-state index in [1.54, 1.807) is 6.92 Å². The quantitative estimate of drug-likeness (QED) is 0.435. The van der Waals surface area contributed by atoms with Gasteiger partial charge < -0.3 is 14.2 Å². The normalized spacial score (nSPS) is 17.8. The minimum Gasteiger partial charge on any atom is -0.465 e. The number of ether oxygens (including phenoxy) is 3. The van der Waals surface area contributed by atoms with E-state index < -0.39 is 17.5 Å². The molecule has 0 aromatic heterocycles. The number of cyclic esters (lactones) is 2. The van der Waals surface area contributed by atoms with E-state index in [0.717, 1.165) is 0 Å². The van der Waals surface area contributed by atoms with Crippen LogP contribution in [0.3, 0.4) is 0 Å². The zero-order valence-corrected chi connectivity index (χ0v) is 9.21. The smallest absolute Gasteiger partial charge is 0.465 e. The van der Waals surface area contributed by atoms with E-state index in [0.29, 0.717) is 12.3 Å². The van der Waals surface area contributed by atoms with Crippen LogP contribution in [0.15, 0.2) is 0 Å². The molecule has 1 aliphatic heterocycles.